The number of nitrogens with one attached hydrogen (secondary N) is 1. The van der Waals surface area contributed by atoms with Crippen LogP contribution >= 0.6 is 0 Å². The molecule has 1 amide bonds. The average Bonchev–Trinajstić information content (AvgIpc) is 3.02. The minimum absolute atomic E-state index is 0.000393. The molecule has 0 aliphatic heterocycles. The van der Waals surface area contributed by atoms with E-state index in [0.29, 0.717) is 11.6 Å². The zero-order valence-corrected chi connectivity index (χ0v) is 13.1. The van der Waals surface area contributed by atoms with E-state index in [-0.39, 0.29) is 23.0 Å². The van der Waals surface area contributed by atoms with Crippen LogP contribution in [0.3, 0.4) is 0 Å². The predicted molar refractivity (Wildman–Crippen MR) is 84.4 cm³/mol. The highest BCUT2D eigenvalue weighted by Gasteiger charge is 2.43. The monoisotopic (exact) mass is 287 g/mol. The standard InChI is InChI=1S/C18H25NO2/c1-18(2,3)13-6-7-16(20)15(10-13)19-17(21)14-9-11-4-5-12(14)8-11/h6-7,10-12,14,20H,4-5,8-9H2,1-3H3,(H,19,21). The molecule has 114 valence electrons. The number of anilines is 1. The summed E-state index contributed by atoms with van der Waals surface area (Å²) in [4.78, 5) is 12.5. The minimum Gasteiger partial charge on any atom is -0.506 e. The Bertz CT molecular complexity index is 559. The Hall–Kier alpha value is -1.51. The van der Waals surface area contributed by atoms with Gasteiger partial charge in [0.1, 0.15) is 5.75 Å². The van der Waals surface area contributed by atoms with E-state index < -0.39 is 0 Å². The lowest BCUT2D eigenvalue weighted by molar-refractivity contribution is -0.121. The second kappa shape index (κ2) is 5.04. The van der Waals surface area contributed by atoms with Crippen molar-refractivity contribution in [2.24, 2.45) is 17.8 Å². The fourth-order valence-electron chi connectivity index (χ4n) is 3.89. The van der Waals surface area contributed by atoms with Crippen LogP contribution in [-0.2, 0) is 10.2 Å². The Balaban J connectivity index is 1.76. The van der Waals surface area contributed by atoms with Gasteiger partial charge in [0.25, 0.3) is 0 Å². The summed E-state index contributed by atoms with van der Waals surface area (Å²) in [5.41, 5.74) is 1.67. The molecule has 0 heterocycles. The van der Waals surface area contributed by atoms with Crippen molar-refractivity contribution in [3.63, 3.8) is 0 Å². The number of amides is 1. The summed E-state index contributed by atoms with van der Waals surface area (Å²) in [5, 5.41) is 13.0. The maximum Gasteiger partial charge on any atom is 0.227 e. The predicted octanol–water partition coefficient (Wildman–Crippen LogP) is 4.06. The molecule has 2 N–H and O–H groups in total. The number of aromatic hydroxyl groups is 1. The van der Waals surface area contributed by atoms with E-state index in [2.05, 4.69) is 26.1 Å². The minimum atomic E-state index is -0.000393. The van der Waals surface area contributed by atoms with Crippen molar-refractivity contribution in [3.05, 3.63) is 23.8 Å². The third-order valence-electron chi connectivity index (χ3n) is 5.20. The molecule has 2 aliphatic rings. The van der Waals surface area contributed by atoms with Gasteiger partial charge in [-0.2, -0.15) is 0 Å². The summed E-state index contributed by atoms with van der Waals surface area (Å²) < 4.78 is 0. The molecule has 2 saturated carbocycles. The number of phenolic OH excluding ortho intramolecular Hbond substituents is 1. The van der Waals surface area contributed by atoms with Gasteiger partial charge in [0.15, 0.2) is 0 Å². The first kappa shape index (κ1) is 14.4. The summed E-state index contributed by atoms with van der Waals surface area (Å²) in [5.74, 6) is 1.69. The van der Waals surface area contributed by atoms with Crippen LogP contribution in [-0.4, -0.2) is 11.0 Å². The average molecular weight is 287 g/mol. The van der Waals surface area contributed by atoms with Crippen molar-refractivity contribution >= 4 is 11.6 Å². The molecular weight excluding hydrogens is 262 g/mol. The maximum atomic E-state index is 12.5. The highest BCUT2D eigenvalue weighted by atomic mass is 16.3. The van der Waals surface area contributed by atoms with Gasteiger partial charge in [-0.1, -0.05) is 33.3 Å². The van der Waals surface area contributed by atoms with Crippen LogP contribution in [0.4, 0.5) is 5.69 Å². The summed E-state index contributed by atoms with van der Waals surface area (Å²) in [7, 11) is 0. The molecule has 3 rings (SSSR count). The third kappa shape index (κ3) is 2.78. The molecule has 0 aromatic heterocycles. The van der Waals surface area contributed by atoms with Gasteiger partial charge in [-0.3, -0.25) is 4.79 Å². The van der Waals surface area contributed by atoms with Gasteiger partial charge in [0, 0.05) is 5.92 Å². The molecule has 0 spiro atoms. The molecule has 2 aliphatic carbocycles. The topological polar surface area (TPSA) is 49.3 Å². The second-order valence-electron chi connectivity index (χ2n) is 7.75. The lowest BCUT2D eigenvalue weighted by Gasteiger charge is -2.23. The van der Waals surface area contributed by atoms with E-state index in [9.17, 15) is 9.90 Å². The van der Waals surface area contributed by atoms with Crippen LogP contribution in [0, 0.1) is 17.8 Å². The highest BCUT2D eigenvalue weighted by Crippen LogP contribution is 2.48. The SMILES string of the molecule is CC(C)(C)c1ccc(O)c(NC(=O)C2CC3CCC2C3)c1. The second-order valence-corrected chi connectivity index (χ2v) is 7.75. The van der Waals surface area contributed by atoms with E-state index in [1.165, 1.54) is 19.3 Å². The van der Waals surface area contributed by atoms with E-state index in [1.807, 2.05) is 12.1 Å². The first-order chi connectivity index (χ1) is 9.84. The summed E-state index contributed by atoms with van der Waals surface area (Å²) in [6.07, 6.45) is 4.72. The Morgan fingerprint density at radius 1 is 1.24 bits per heavy atom. The van der Waals surface area contributed by atoms with Crippen LogP contribution in [0.25, 0.3) is 0 Å². The quantitative estimate of drug-likeness (QED) is 0.806. The first-order valence-electron chi connectivity index (χ1n) is 7.99. The number of fused-ring (bicyclic) bond motifs is 2. The molecule has 21 heavy (non-hydrogen) atoms. The zero-order valence-electron chi connectivity index (χ0n) is 13.1. The largest absolute Gasteiger partial charge is 0.506 e. The van der Waals surface area contributed by atoms with Gasteiger partial charge in [-0.05, 0) is 54.2 Å². The number of carbonyl (C=O) groups excluding carboxylic acids is 1. The number of hydrogen-bond donors (Lipinski definition) is 2. The molecule has 3 nitrogen and oxygen atoms in total. The van der Waals surface area contributed by atoms with Crippen LogP contribution in [0.2, 0.25) is 0 Å². The van der Waals surface area contributed by atoms with Gasteiger partial charge >= 0.3 is 0 Å². The molecule has 3 unspecified atom stereocenters. The Morgan fingerprint density at radius 3 is 2.57 bits per heavy atom. The van der Waals surface area contributed by atoms with Crippen LogP contribution in [0.15, 0.2) is 18.2 Å². The molecule has 2 fully saturated rings. The summed E-state index contributed by atoms with van der Waals surface area (Å²) in [6.45, 7) is 6.38. The molecule has 3 atom stereocenters. The molecule has 1 aromatic carbocycles. The van der Waals surface area contributed by atoms with E-state index in [1.54, 1.807) is 6.07 Å². The molecule has 0 radical (unpaired) electrons. The third-order valence-corrected chi connectivity index (χ3v) is 5.20. The van der Waals surface area contributed by atoms with E-state index in [0.717, 1.165) is 17.9 Å². The van der Waals surface area contributed by atoms with Crippen LogP contribution in [0.5, 0.6) is 5.75 Å². The smallest absolute Gasteiger partial charge is 0.227 e. The van der Waals surface area contributed by atoms with E-state index >= 15 is 0 Å². The Morgan fingerprint density at radius 2 is 2.00 bits per heavy atom. The fraction of sp³-hybridized carbons (Fsp3) is 0.611. The van der Waals surface area contributed by atoms with E-state index in [4.69, 9.17) is 0 Å². The van der Waals surface area contributed by atoms with Gasteiger partial charge in [0.2, 0.25) is 5.91 Å². The van der Waals surface area contributed by atoms with Gasteiger partial charge in [-0.25, -0.2) is 0 Å². The maximum absolute atomic E-state index is 12.5. The molecule has 1 aromatic rings. The lowest BCUT2D eigenvalue weighted by atomic mass is 9.86. The van der Waals surface area contributed by atoms with Crippen molar-refractivity contribution in [3.8, 4) is 5.75 Å². The molecule has 2 bridgehead atoms. The lowest BCUT2D eigenvalue weighted by Crippen LogP contribution is -2.27. The zero-order chi connectivity index (χ0) is 15.2. The van der Waals surface area contributed by atoms with Crippen LogP contribution < -0.4 is 5.32 Å². The molecule has 0 saturated heterocycles. The van der Waals surface area contributed by atoms with Crippen molar-refractivity contribution in [2.75, 3.05) is 5.32 Å². The number of rotatable bonds is 2. The van der Waals surface area contributed by atoms with Gasteiger partial charge in [0.05, 0.1) is 5.69 Å². The normalized spacial score (nSPS) is 27.9. The fourth-order valence-corrected chi connectivity index (χ4v) is 3.89. The van der Waals surface area contributed by atoms with Gasteiger partial charge < -0.3 is 10.4 Å². The summed E-state index contributed by atoms with van der Waals surface area (Å²) >= 11 is 0. The molecule has 3 heteroatoms. The molecular formula is C18H25NO2. The van der Waals surface area contributed by atoms with Crippen molar-refractivity contribution in [2.45, 2.75) is 51.9 Å². The number of carbonyl (C=O) groups is 1. The Labute approximate surface area is 126 Å². The highest BCUT2D eigenvalue weighted by molar-refractivity contribution is 5.94. The summed E-state index contributed by atoms with van der Waals surface area (Å²) in [6, 6.07) is 5.50. The first-order valence-corrected chi connectivity index (χ1v) is 7.99. The van der Waals surface area contributed by atoms with Crippen molar-refractivity contribution < 1.29 is 9.90 Å². The Kier molecular flexibility index (Phi) is 3.46. The van der Waals surface area contributed by atoms with Crippen molar-refractivity contribution in [1.82, 2.24) is 0 Å². The number of hydrogen-bond acceptors (Lipinski definition) is 2. The van der Waals surface area contributed by atoms with Crippen LogP contribution in [0.1, 0.15) is 52.0 Å². The number of phenols is 1. The van der Waals surface area contributed by atoms with Crippen molar-refractivity contribution in [1.29, 1.82) is 0 Å². The number of benzene rings is 1. The van der Waals surface area contributed by atoms with Gasteiger partial charge in [-0.15, -0.1) is 0 Å².